The van der Waals surface area contributed by atoms with Crippen molar-refractivity contribution in [1.82, 2.24) is 20.2 Å². The number of hydrogen-bond acceptors (Lipinski definition) is 7. The summed E-state index contributed by atoms with van der Waals surface area (Å²) < 4.78 is 6.00. The Labute approximate surface area is 212 Å². The Bertz CT molecular complexity index is 1130. The van der Waals surface area contributed by atoms with Crippen molar-refractivity contribution < 1.29 is 9.53 Å². The molecule has 36 heavy (non-hydrogen) atoms. The molecule has 1 N–H and O–H groups in total. The van der Waals surface area contributed by atoms with Crippen LogP contribution in [0.3, 0.4) is 0 Å². The highest BCUT2D eigenvalue weighted by Crippen LogP contribution is 2.31. The molecule has 0 bridgehead atoms. The van der Waals surface area contributed by atoms with Crippen LogP contribution < -0.4 is 19.9 Å². The normalized spacial score (nSPS) is 18.6. The molecule has 0 radical (unpaired) electrons. The van der Waals surface area contributed by atoms with Gasteiger partial charge >= 0.3 is 0 Å². The van der Waals surface area contributed by atoms with Crippen LogP contribution in [0.25, 0.3) is 0 Å². The van der Waals surface area contributed by atoms with E-state index in [-0.39, 0.29) is 11.8 Å². The number of amides is 1. The molecule has 3 aromatic rings. The first-order chi connectivity index (χ1) is 17.7. The Morgan fingerprint density at radius 1 is 0.944 bits per heavy atom. The van der Waals surface area contributed by atoms with Crippen LogP contribution in [0, 0.1) is 5.92 Å². The van der Waals surface area contributed by atoms with E-state index in [1.54, 1.807) is 12.4 Å². The van der Waals surface area contributed by atoms with Gasteiger partial charge in [-0.3, -0.25) is 4.79 Å². The van der Waals surface area contributed by atoms with Gasteiger partial charge in [0.1, 0.15) is 5.75 Å². The number of benzene rings is 2. The largest absolute Gasteiger partial charge is 0.436 e. The maximum atomic E-state index is 13.1. The van der Waals surface area contributed by atoms with Crippen LogP contribution in [0.1, 0.15) is 18.4 Å². The Morgan fingerprint density at radius 3 is 2.47 bits per heavy atom. The Balaban J connectivity index is 1.17. The third-order valence-corrected chi connectivity index (χ3v) is 6.97. The number of piperidine rings is 1. The summed E-state index contributed by atoms with van der Waals surface area (Å²) in [5.41, 5.74) is 2.36. The summed E-state index contributed by atoms with van der Waals surface area (Å²) in [6, 6.07) is 18.1. The van der Waals surface area contributed by atoms with Gasteiger partial charge in [0.25, 0.3) is 5.88 Å². The van der Waals surface area contributed by atoms with E-state index in [1.165, 1.54) is 5.69 Å². The lowest BCUT2D eigenvalue weighted by Gasteiger charge is -2.34. The molecule has 2 saturated heterocycles. The summed E-state index contributed by atoms with van der Waals surface area (Å²) in [6.07, 6.45) is 5.08. The zero-order valence-electron chi connectivity index (χ0n) is 20.8. The molecule has 2 aliphatic rings. The predicted octanol–water partition coefficient (Wildman–Crippen LogP) is 3.55. The molecular weight excluding hydrogens is 452 g/mol. The molecule has 2 aliphatic heterocycles. The highest BCUT2D eigenvalue weighted by molar-refractivity contribution is 5.79. The first kappa shape index (κ1) is 24.1. The number of hydrogen-bond donors (Lipinski definition) is 1. The van der Waals surface area contributed by atoms with E-state index < -0.39 is 0 Å². The molecule has 3 heterocycles. The van der Waals surface area contributed by atoms with Crippen LogP contribution in [0.2, 0.25) is 0 Å². The summed E-state index contributed by atoms with van der Waals surface area (Å²) in [6.45, 7) is 6.23. The second-order valence-corrected chi connectivity index (χ2v) is 9.56. The third-order valence-electron chi connectivity index (χ3n) is 6.97. The van der Waals surface area contributed by atoms with E-state index >= 15 is 0 Å². The lowest BCUT2D eigenvalue weighted by atomic mass is 9.97. The minimum Gasteiger partial charge on any atom is -0.436 e. The van der Waals surface area contributed by atoms with Gasteiger partial charge in [0.15, 0.2) is 5.82 Å². The van der Waals surface area contributed by atoms with E-state index in [9.17, 15) is 4.79 Å². The lowest BCUT2D eigenvalue weighted by Crippen LogP contribution is -2.44. The molecule has 0 saturated carbocycles. The van der Waals surface area contributed by atoms with Crippen molar-refractivity contribution in [3.8, 4) is 11.6 Å². The number of ether oxygens (including phenoxy) is 1. The van der Waals surface area contributed by atoms with E-state index in [4.69, 9.17) is 4.74 Å². The molecule has 5 rings (SSSR count). The number of piperazine rings is 1. The standard InChI is InChI=1S/C28H34N6O2/c1-32-16-18-33(19-17-32)24-11-9-22(10-12-24)20-31-27(35)23-6-5-15-34(21-23)26-28(30-14-13-29-26)36-25-7-3-2-4-8-25/h2-4,7-14,23H,5-6,15-21H2,1H3,(H,31,35). The zero-order valence-corrected chi connectivity index (χ0v) is 20.8. The number of anilines is 2. The Morgan fingerprint density at radius 2 is 1.69 bits per heavy atom. The molecule has 1 amide bonds. The van der Waals surface area contributed by atoms with Crippen molar-refractivity contribution in [2.24, 2.45) is 5.92 Å². The van der Waals surface area contributed by atoms with Gasteiger partial charge < -0.3 is 24.8 Å². The monoisotopic (exact) mass is 486 g/mol. The minimum absolute atomic E-state index is 0.0808. The second kappa shape index (κ2) is 11.4. The topological polar surface area (TPSA) is 73.8 Å². The van der Waals surface area contributed by atoms with Gasteiger partial charge in [-0.1, -0.05) is 30.3 Å². The maximum absolute atomic E-state index is 13.1. The van der Waals surface area contributed by atoms with Crippen molar-refractivity contribution >= 4 is 17.4 Å². The van der Waals surface area contributed by atoms with Gasteiger partial charge in [-0.2, -0.15) is 0 Å². The molecule has 8 nitrogen and oxygen atoms in total. The second-order valence-electron chi connectivity index (χ2n) is 9.56. The Hall–Kier alpha value is -3.65. The number of para-hydroxylation sites is 1. The van der Waals surface area contributed by atoms with Crippen molar-refractivity contribution in [3.63, 3.8) is 0 Å². The predicted molar refractivity (Wildman–Crippen MR) is 141 cm³/mol. The number of aromatic nitrogens is 2. The van der Waals surface area contributed by atoms with Crippen LogP contribution in [-0.4, -0.2) is 67.1 Å². The first-order valence-electron chi connectivity index (χ1n) is 12.7. The molecule has 0 aliphatic carbocycles. The molecule has 1 unspecified atom stereocenters. The van der Waals surface area contributed by atoms with Gasteiger partial charge in [-0.05, 0) is 49.7 Å². The van der Waals surface area contributed by atoms with Crippen molar-refractivity contribution in [2.75, 3.05) is 56.1 Å². The lowest BCUT2D eigenvalue weighted by molar-refractivity contribution is -0.125. The minimum atomic E-state index is -0.102. The molecule has 0 spiro atoms. The van der Waals surface area contributed by atoms with Gasteiger partial charge in [-0.25, -0.2) is 9.97 Å². The summed E-state index contributed by atoms with van der Waals surface area (Å²) in [5, 5.41) is 3.15. The average molecular weight is 487 g/mol. The molecular formula is C28H34N6O2. The summed E-state index contributed by atoms with van der Waals surface area (Å²) in [7, 11) is 2.17. The van der Waals surface area contributed by atoms with Crippen LogP contribution in [0.5, 0.6) is 11.6 Å². The number of carbonyl (C=O) groups is 1. The number of likely N-dealkylation sites (N-methyl/N-ethyl adjacent to an activating group) is 1. The average Bonchev–Trinajstić information content (AvgIpc) is 2.93. The van der Waals surface area contributed by atoms with Gasteiger partial charge in [-0.15, -0.1) is 0 Å². The van der Waals surface area contributed by atoms with Crippen LogP contribution in [-0.2, 0) is 11.3 Å². The number of rotatable bonds is 7. The fourth-order valence-electron chi connectivity index (χ4n) is 4.81. The van der Waals surface area contributed by atoms with Crippen molar-refractivity contribution in [1.29, 1.82) is 0 Å². The van der Waals surface area contributed by atoms with E-state index in [0.29, 0.717) is 30.5 Å². The fourth-order valence-corrected chi connectivity index (χ4v) is 4.81. The first-order valence-corrected chi connectivity index (χ1v) is 12.7. The van der Waals surface area contributed by atoms with Crippen LogP contribution >= 0.6 is 0 Å². The number of carbonyl (C=O) groups excluding carboxylic acids is 1. The number of nitrogens with one attached hydrogen (secondary N) is 1. The van der Waals surface area contributed by atoms with Gasteiger partial charge in [0, 0.05) is 63.9 Å². The summed E-state index contributed by atoms with van der Waals surface area (Å²) in [5.74, 6) is 1.83. The quantitative estimate of drug-likeness (QED) is 0.547. The summed E-state index contributed by atoms with van der Waals surface area (Å²) in [4.78, 5) is 28.9. The molecule has 2 aromatic carbocycles. The summed E-state index contributed by atoms with van der Waals surface area (Å²) >= 11 is 0. The fraction of sp³-hybridized carbons (Fsp3) is 0.393. The van der Waals surface area contributed by atoms with Gasteiger partial charge in [0.2, 0.25) is 5.91 Å². The smallest absolute Gasteiger partial charge is 0.263 e. The highest BCUT2D eigenvalue weighted by Gasteiger charge is 2.28. The van der Waals surface area contributed by atoms with Crippen molar-refractivity contribution in [3.05, 3.63) is 72.6 Å². The van der Waals surface area contributed by atoms with Crippen LogP contribution in [0.4, 0.5) is 11.5 Å². The van der Waals surface area contributed by atoms with Crippen LogP contribution in [0.15, 0.2) is 67.0 Å². The SMILES string of the molecule is CN1CCN(c2ccc(CNC(=O)C3CCCN(c4nccnc4Oc4ccccc4)C3)cc2)CC1. The molecule has 1 aromatic heterocycles. The van der Waals surface area contributed by atoms with E-state index in [2.05, 4.69) is 61.3 Å². The van der Waals surface area contributed by atoms with E-state index in [0.717, 1.165) is 51.1 Å². The highest BCUT2D eigenvalue weighted by atomic mass is 16.5. The molecule has 188 valence electrons. The number of nitrogens with zero attached hydrogens (tertiary/aromatic N) is 5. The zero-order chi connectivity index (χ0) is 24.7. The van der Waals surface area contributed by atoms with Crippen molar-refractivity contribution in [2.45, 2.75) is 19.4 Å². The molecule has 1 atom stereocenters. The van der Waals surface area contributed by atoms with E-state index in [1.807, 2.05) is 30.3 Å². The molecule has 8 heteroatoms. The van der Waals surface area contributed by atoms with Gasteiger partial charge in [0.05, 0.1) is 5.92 Å². The maximum Gasteiger partial charge on any atom is 0.263 e. The Kier molecular flexibility index (Phi) is 7.61. The third kappa shape index (κ3) is 5.94. The molecule has 2 fully saturated rings.